The molecule has 2 rings (SSSR count). The summed E-state index contributed by atoms with van der Waals surface area (Å²) >= 11 is 3.45. The van der Waals surface area contributed by atoms with Crippen LogP contribution in [0, 0.1) is 5.92 Å². The Balaban J connectivity index is 1.97. The van der Waals surface area contributed by atoms with Gasteiger partial charge in [-0.05, 0) is 52.9 Å². The molecule has 1 fully saturated rings. The molecule has 0 unspecified atom stereocenters. The maximum absolute atomic E-state index is 8.64. The molecule has 104 valence electrons. The molecule has 1 aliphatic carbocycles. The lowest BCUT2D eigenvalue weighted by atomic mass is 9.90. The van der Waals surface area contributed by atoms with Gasteiger partial charge in [-0.3, -0.25) is 0 Å². The van der Waals surface area contributed by atoms with Crippen LogP contribution in [-0.4, -0.2) is 17.6 Å². The summed E-state index contributed by atoms with van der Waals surface area (Å²) in [5, 5.41) is 11.6. The van der Waals surface area contributed by atoms with Crippen molar-refractivity contribution >= 4 is 21.8 Å². The molecular formula is C14H19BrN2O2. The normalized spacial score (nSPS) is 17.4. The van der Waals surface area contributed by atoms with Crippen LogP contribution in [0.25, 0.3) is 0 Å². The second-order valence-electron chi connectivity index (χ2n) is 4.95. The van der Waals surface area contributed by atoms with E-state index in [0.717, 1.165) is 16.8 Å². The molecule has 0 bridgehead atoms. The van der Waals surface area contributed by atoms with Gasteiger partial charge >= 0.3 is 0 Å². The van der Waals surface area contributed by atoms with Crippen molar-refractivity contribution in [2.75, 3.05) is 6.61 Å². The van der Waals surface area contributed by atoms with Crippen LogP contribution in [0.3, 0.4) is 0 Å². The van der Waals surface area contributed by atoms with Crippen molar-refractivity contribution in [2.24, 2.45) is 16.8 Å². The van der Waals surface area contributed by atoms with Gasteiger partial charge in [-0.1, -0.05) is 24.4 Å². The molecule has 19 heavy (non-hydrogen) atoms. The number of ether oxygens (including phenoxy) is 1. The van der Waals surface area contributed by atoms with E-state index in [1.54, 1.807) is 12.1 Å². The van der Waals surface area contributed by atoms with Crippen LogP contribution in [0.1, 0.15) is 37.7 Å². The van der Waals surface area contributed by atoms with E-state index in [2.05, 4.69) is 21.1 Å². The highest BCUT2D eigenvalue weighted by Crippen LogP contribution is 2.29. The van der Waals surface area contributed by atoms with Crippen molar-refractivity contribution in [2.45, 2.75) is 32.1 Å². The number of hydrogen-bond acceptors (Lipinski definition) is 3. The molecule has 0 heterocycles. The van der Waals surface area contributed by atoms with Crippen LogP contribution in [0.15, 0.2) is 27.8 Å². The summed E-state index contributed by atoms with van der Waals surface area (Å²) in [6, 6.07) is 5.43. The van der Waals surface area contributed by atoms with Crippen molar-refractivity contribution in [3.8, 4) is 5.75 Å². The minimum absolute atomic E-state index is 0.0968. The molecule has 0 atom stereocenters. The second kappa shape index (κ2) is 6.80. The summed E-state index contributed by atoms with van der Waals surface area (Å²) in [5.74, 6) is 1.57. The van der Waals surface area contributed by atoms with Gasteiger partial charge in [0, 0.05) is 5.56 Å². The van der Waals surface area contributed by atoms with Crippen molar-refractivity contribution in [1.82, 2.24) is 0 Å². The third-order valence-electron chi connectivity index (χ3n) is 3.53. The van der Waals surface area contributed by atoms with Gasteiger partial charge in [0.15, 0.2) is 5.84 Å². The highest BCUT2D eigenvalue weighted by atomic mass is 79.9. The van der Waals surface area contributed by atoms with Gasteiger partial charge in [-0.2, -0.15) is 0 Å². The van der Waals surface area contributed by atoms with E-state index in [4.69, 9.17) is 15.7 Å². The lowest BCUT2D eigenvalue weighted by molar-refractivity contribution is 0.208. The average molecular weight is 327 g/mol. The highest BCUT2D eigenvalue weighted by Gasteiger charge is 2.14. The SMILES string of the molecule is N/C(=N/O)c1ccc(OCC2CCCCC2)c(Br)c1. The Bertz CT molecular complexity index is 457. The third kappa shape index (κ3) is 3.86. The number of nitrogens with zero attached hydrogens (tertiary/aromatic N) is 1. The Hall–Kier alpha value is -1.23. The smallest absolute Gasteiger partial charge is 0.170 e. The number of halogens is 1. The first kappa shape index (κ1) is 14.2. The Morgan fingerprint density at radius 1 is 1.37 bits per heavy atom. The van der Waals surface area contributed by atoms with Crippen LogP contribution < -0.4 is 10.5 Å². The maximum atomic E-state index is 8.64. The van der Waals surface area contributed by atoms with Gasteiger partial charge in [0.05, 0.1) is 11.1 Å². The van der Waals surface area contributed by atoms with E-state index in [1.165, 1.54) is 32.1 Å². The van der Waals surface area contributed by atoms with Crippen LogP contribution >= 0.6 is 15.9 Å². The quantitative estimate of drug-likeness (QED) is 0.385. The lowest BCUT2D eigenvalue weighted by Gasteiger charge is -2.22. The highest BCUT2D eigenvalue weighted by molar-refractivity contribution is 9.10. The van der Waals surface area contributed by atoms with Crippen LogP contribution in [0.2, 0.25) is 0 Å². The molecular weight excluding hydrogens is 308 g/mol. The van der Waals surface area contributed by atoms with Crippen molar-refractivity contribution in [3.05, 3.63) is 28.2 Å². The first-order valence-corrected chi connectivity index (χ1v) is 7.40. The fraction of sp³-hybridized carbons (Fsp3) is 0.500. The van der Waals surface area contributed by atoms with Crippen molar-refractivity contribution in [3.63, 3.8) is 0 Å². The Morgan fingerprint density at radius 2 is 2.11 bits per heavy atom. The minimum Gasteiger partial charge on any atom is -0.492 e. The van der Waals surface area contributed by atoms with E-state index in [0.29, 0.717) is 11.5 Å². The number of rotatable bonds is 4. The van der Waals surface area contributed by atoms with E-state index in [9.17, 15) is 0 Å². The predicted molar refractivity (Wildman–Crippen MR) is 78.7 cm³/mol. The van der Waals surface area contributed by atoms with E-state index in [-0.39, 0.29) is 5.84 Å². The second-order valence-corrected chi connectivity index (χ2v) is 5.80. The zero-order valence-corrected chi connectivity index (χ0v) is 12.4. The molecule has 1 aliphatic rings. The largest absolute Gasteiger partial charge is 0.492 e. The van der Waals surface area contributed by atoms with Gasteiger partial charge in [-0.15, -0.1) is 0 Å². The number of benzene rings is 1. The van der Waals surface area contributed by atoms with Crippen LogP contribution in [0.5, 0.6) is 5.75 Å². The zero-order chi connectivity index (χ0) is 13.7. The first-order chi connectivity index (χ1) is 9.20. The van der Waals surface area contributed by atoms with Crippen molar-refractivity contribution in [1.29, 1.82) is 0 Å². The minimum atomic E-state index is 0.0968. The topological polar surface area (TPSA) is 67.8 Å². The summed E-state index contributed by atoms with van der Waals surface area (Å²) in [5.41, 5.74) is 6.21. The van der Waals surface area contributed by atoms with Crippen molar-refractivity contribution < 1.29 is 9.94 Å². The monoisotopic (exact) mass is 326 g/mol. The first-order valence-electron chi connectivity index (χ1n) is 6.61. The number of amidine groups is 1. The molecule has 1 aromatic carbocycles. The lowest BCUT2D eigenvalue weighted by Crippen LogP contribution is -2.16. The van der Waals surface area contributed by atoms with Gasteiger partial charge in [-0.25, -0.2) is 0 Å². The fourth-order valence-electron chi connectivity index (χ4n) is 2.40. The maximum Gasteiger partial charge on any atom is 0.170 e. The summed E-state index contributed by atoms with van der Waals surface area (Å²) in [4.78, 5) is 0. The van der Waals surface area contributed by atoms with Gasteiger partial charge < -0.3 is 15.7 Å². The molecule has 1 saturated carbocycles. The van der Waals surface area contributed by atoms with Gasteiger partial charge in [0.2, 0.25) is 0 Å². The molecule has 5 heteroatoms. The van der Waals surface area contributed by atoms with E-state index in [1.807, 2.05) is 6.07 Å². The average Bonchev–Trinajstić information content (AvgIpc) is 2.46. The summed E-state index contributed by atoms with van der Waals surface area (Å²) < 4.78 is 6.68. The molecule has 0 aromatic heterocycles. The van der Waals surface area contributed by atoms with Crippen LogP contribution in [-0.2, 0) is 0 Å². The van der Waals surface area contributed by atoms with Gasteiger partial charge in [0.1, 0.15) is 5.75 Å². The standard InChI is InChI=1S/C14H19BrN2O2/c15-12-8-11(14(16)17-18)6-7-13(12)19-9-10-4-2-1-3-5-10/h6-8,10,18H,1-5,9H2,(H2,16,17). The molecule has 0 amide bonds. The molecule has 3 N–H and O–H groups in total. The summed E-state index contributed by atoms with van der Waals surface area (Å²) in [7, 11) is 0. The van der Waals surface area contributed by atoms with E-state index < -0.39 is 0 Å². The number of nitrogens with two attached hydrogens (primary N) is 1. The molecule has 0 spiro atoms. The molecule has 0 radical (unpaired) electrons. The zero-order valence-electron chi connectivity index (χ0n) is 10.8. The fourth-order valence-corrected chi connectivity index (χ4v) is 2.89. The molecule has 4 nitrogen and oxygen atoms in total. The Labute approximate surface area is 121 Å². The third-order valence-corrected chi connectivity index (χ3v) is 4.15. The summed E-state index contributed by atoms with van der Waals surface area (Å²) in [6.45, 7) is 0.765. The predicted octanol–water partition coefficient (Wildman–Crippen LogP) is 3.50. The Morgan fingerprint density at radius 3 is 2.74 bits per heavy atom. The number of oxime groups is 1. The molecule has 1 aromatic rings. The van der Waals surface area contributed by atoms with E-state index >= 15 is 0 Å². The van der Waals surface area contributed by atoms with Gasteiger partial charge in [0.25, 0.3) is 0 Å². The summed E-state index contributed by atoms with van der Waals surface area (Å²) in [6.07, 6.45) is 6.52. The van der Waals surface area contributed by atoms with Crippen LogP contribution in [0.4, 0.5) is 0 Å². The molecule has 0 aliphatic heterocycles. The number of hydrogen-bond donors (Lipinski definition) is 2. The molecule has 0 saturated heterocycles. The Kier molecular flexibility index (Phi) is 5.07.